The first kappa shape index (κ1) is 15.1. The summed E-state index contributed by atoms with van der Waals surface area (Å²) in [5.74, 6) is 1.81. The fourth-order valence-corrected chi connectivity index (χ4v) is 3.99. The minimum absolute atomic E-state index is 0.292. The standard InChI is InChI=1S/C17H29NS/c1-13-7-5-6-8-14(13)11-18-12-15-9-10-16(19-15)17(2,3)4/h9-10,13-14,18H,5-8,11-12H2,1-4H3. The van der Waals surface area contributed by atoms with Crippen LogP contribution in [0.2, 0.25) is 0 Å². The smallest absolute Gasteiger partial charge is 0.0299 e. The molecule has 1 heterocycles. The number of thiophene rings is 1. The highest BCUT2D eigenvalue weighted by atomic mass is 32.1. The van der Waals surface area contributed by atoms with Gasteiger partial charge in [0.15, 0.2) is 0 Å². The maximum Gasteiger partial charge on any atom is 0.0299 e. The monoisotopic (exact) mass is 279 g/mol. The Morgan fingerprint density at radius 3 is 2.58 bits per heavy atom. The van der Waals surface area contributed by atoms with Crippen LogP contribution < -0.4 is 5.32 Å². The molecule has 0 radical (unpaired) electrons. The first-order valence-corrected chi connectivity index (χ1v) is 8.58. The van der Waals surface area contributed by atoms with Gasteiger partial charge in [-0.25, -0.2) is 0 Å². The van der Waals surface area contributed by atoms with E-state index < -0.39 is 0 Å². The van der Waals surface area contributed by atoms with Gasteiger partial charge >= 0.3 is 0 Å². The number of nitrogens with one attached hydrogen (secondary N) is 1. The Bertz CT molecular complexity index is 388. The van der Waals surface area contributed by atoms with Crippen LogP contribution in [0.25, 0.3) is 0 Å². The van der Waals surface area contributed by atoms with E-state index >= 15 is 0 Å². The third kappa shape index (κ3) is 4.32. The lowest BCUT2D eigenvalue weighted by molar-refractivity contribution is 0.248. The van der Waals surface area contributed by atoms with Gasteiger partial charge in [0.2, 0.25) is 0 Å². The average molecular weight is 279 g/mol. The Kier molecular flexibility index (Phi) is 5.08. The van der Waals surface area contributed by atoms with E-state index in [9.17, 15) is 0 Å². The van der Waals surface area contributed by atoms with Crippen LogP contribution in [-0.2, 0) is 12.0 Å². The molecule has 0 aliphatic heterocycles. The molecule has 0 bridgehead atoms. The van der Waals surface area contributed by atoms with Crippen LogP contribution in [-0.4, -0.2) is 6.54 Å². The second kappa shape index (κ2) is 6.41. The van der Waals surface area contributed by atoms with Crippen LogP contribution in [0.3, 0.4) is 0 Å². The van der Waals surface area contributed by atoms with Gasteiger partial charge in [-0.3, -0.25) is 0 Å². The van der Waals surface area contributed by atoms with Gasteiger partial charge in [-0.1, -0.05) is 47.0 Å². The topological polar surface area (TPSA) is 12.0 Å². The molecule has 19 heavy (non-hydrogen) atoms. The van der Waals surface area contributed by atoms with Crippen molar-refractivity contribution in [2.24, 2.45) is 11.8 Å². The number of hydrogen-bond donors (Lipinski definition) is 1. The van der Waals surface area contributed by atoms with E-state index in [0.717, 1.165) is 18.4 Å². The Balaban J connectivity index is 1.78. The van der Waals surface area contributed by atoms with Crippen molar-refractivity contribution in [2.75, 3.05) is 6.54 Å². The van der Waals surface area contributed by atoms with E-state index in [0.29, 0.717) is 5.41 Å². The zero-order chi connectivity index (χ0) is 13.9. The predicted molar refractivity (Wildman–Crippen MR) is 85.8 cm³/mol. The summed E-state index contributed by atoms with van der Waals surface area (Å²) in [4.78, 5) is 2.98. The van der Waals surface area contributed by atoms with Crippen LogP contribution in [0.1, 0.15) is 63.1 Å². The largest absolute Gasteiger partial charge is 0.312 e. The van der Waals surface area contributed by atoms with Crippen molar-refractivity contribution in [1.82, 2.24) is 5.32 Å². The van der Waals surface area contributed by atoms with Crippen molar-refractivity contribution < 1.29 is 0 Å². The number of rotatable bonds is 4. The molecule has 108 valence electrons. The first-order chi connectivity index (χ1) is 8.97. The lowest BCUT2D eigenvalue weighted by atomic mass is 9.80. The molecule has 1 aromatic heterocycles. The maximum absolute atomic E-state index is 3.68. The highest BCUT2D eigenvalue weighted by Gasteiger charge is 2.21. The molecular formula is C17H29NS. The minimum Gasteiger partial charge on any atom is -0.312 e. The molecule has 1 aromatic rings. The van der Waals surface area contributed by atoms with Crippen molar-refractivity contribution in [1.29, 1.82) is 0 Å². The van der Waals surface area contributed by atoms with E-state index in [1.54, 1.807) is 0 Å². The van der Waals surface area contributed by atoms with Gasteiger partial charge in [-0.2, -0.15) is 0 Å². The molecular weight excluding hydrogens is 250 g/mol. The third-order valence-corrected chi connectivity index (χ3v) is 5.91. The highest BCUT2D eigenvalue weighted by Crippen LogP contribution is 2.30. The van der Waals surface area contributed by atoms with Gasteiger partial charge in [0.1, 0.15) is 0 Å². The van der Waals surface area contributed by atoms with Crippen LogP contribution in [0.5, 0.6) is 0 Å². The van der Waals surface area contributed by atoms with Crippen molar-refractivity contribution in [2.45, 2.75) is 65.3 Å². The Labute approximate surface area is 122 Å². The molecule has 2 rings (SSSR count). The SMILES string of the molecule is CC1CCCCC1CNCc1ccc(C(C)(C)C)s1. The molecule has 2 atom stereocenters. The molecule has 0 saturated heterocycles. The van der Waals surface area contributed by atoms with E-state index in [4.69, 9.17) is 0 Å². The molecule has 1 saturated carbocycles. The van der Waals surface area contributed by atoms with Crippen molar-refractivity contribution in [3.8, 4) is 0 Å². The maximum atomic E-state index is 3.68. The summed E-state index contributed by atoms with van der Waals surface area (Å²) in [6, 6.07) is 4.59. The highest BCUT2D eigenvalue weighted by molar-refractivity contribution is 7.12. The summed E-state index contributed by atoms with van der Waals surface area (Å²) in [6.45, 7) is 11.5. The Morgan fingerprint density at radius 1 is 1.21 bits per heavy atom. The number of hydrogen-bond acceptors (Lipinski definition) is 2. The van der Waals surface area contributed by atoms with Crippen LogP contribution in [0.15, 0.2) is 12.1 Å². The minimum atomic E-state index is 0.292. The molecule has 1 N–H and O–H groups in total. The molecule has 2 unspecified atom stereocenters. The summed E-state index contributed by atoms with van der Waals surface area (Å²) < 4.78 is 0. The Morgan fingerprint density at radius 2 is 1.95 bits per heavy atom. The van der Waals surface area contributed by atoms with E-state index in [2.05, 4.69) is 45.1 Å². The van der Waals surface area contributed by atoms with Crippen LogP contribution in [0.4, 0.5) is 0 Å². The zero-order valence-corrected chi connectivity index (χ0v) is 13.8. The summed E-state index contributed by atoms with van der Waals surface area (Å²) in [5.41, 5.74) is 0.292. The molecule has 0 spiro atoms. The second-order valence-electron chi connectivity index (χ2n) is 7.17. The fraction of sp³-hybridized carbons (Fsp3) is 0.765. The molecule has 2 heteroatoms. The predicted octanol–water partition coefficient (Wildman–Crippen LogP) is 4.96. The second-order valence-corrected chi connectivity index (χ2v) is 8.34. The van der Waals surface area contributed by atoms with Crippen molar-refractivity contribution >= 4 is 11.3 Å². The van der Waals surface area contributed by atoms with Gasteiger partial charge in [-0.05, 0) is 42.3 Å². The van der Waals surface area contributed by atoms with Crippen molar-refractivity contribution in [3.05, 3.63) is 21.9 Å². The van der Waals surface area contributed by atoms with Crippen LogP contribution >= 0.6 is 11.3 Å². The van der Waals surface area contributed by atoms with E-state index in [1.165, 1.54) is 42.0 Å². The summed E-state index contributed by atoms with van der Waals surface area (Å²) in [6.07, 6.45) is 5.73. The normalized spacial score (nSPS) is 24.6. The molecule has 1 aliphatic rings. The molecule has 1 nitrogen and oxygen atoms in total. The quantitative estimate of drug-likeness (QED) is 0.821. The molecule has 1 aliphatic carbocycles. The van der Waals surface area contributed by atoms with Crippen LogP contribution in [0, 0.1) is 11.8 Å². The average Bonchev–Trinajstić information content (AvgIpc) is 2.80. The molecule has 0 aromatic carbocycles. The lowest BCUT2D eigenvalue weighted by Gasteiger charge is -2.28. The zero-order valence-electron chi connectivity index (χ0n) is 13.0. The van der Waals surface area contributed by atoms with Gasteiger partial charge in [-0.15, -0.1) is 11.3 Å². The summed E-state index contributed by atoms with van der Waals surface area (Å²) in [7, 11) is 0. The first-order valence-electron chi connectivity index (χ1n) is 7.77. The van der Waals surface area contributed by atoms with Crippen molar-refractivity contribution in [3.63, 3.8) is 0 Å². The molecule has 0 amide bonds. The van der Waals surface area contributed by atoms with E-state index in [-0.39, 0.29) is 0 Å². The van der Waals surface area contributed by atoms with E-state index in [1.807, 2.05) is 11.3 Å². The summed E-state index contributed by atoms with van der Waals surface area (Å²) in [5, 5.41) is 3.68. The van der Waals surface area contributed by atoms with Gasteiger partial charge in [0, 0.05) is 16.3 Å². The third-order valence-electron chi connectivity index (χ3n) is 4.40. The fourth-order valence-electron chi connectivity index (χ4n) is 2.95. The molecule has 1 fully saturated rings. The lowest BCUT2D eigenvalue weighted by Crippen LogP contribution is -2.28. The summed E-state index contributed by atoms with van der Waals surface area (Å²) >= 11 is 1.96. The van der Waals surface area contributed by atoms with Gasteiger partial charge in [0.05, 0.1) is 0 Å². The Hall–Kier alpha value is -0.340. The van der Waals surface area contributed by atoms with Gasteiger partial charge in [0.25, 0.3) is 0 Å². The van der Waals surface area contributed by atoms with Gasteiger partial charge < -0.3 is 5.32 Å².